The molecule has 8 heteroatoms. The highest BCUT2D eigenvalue weighted by molar-refractivity contribution is 7.92. The maximum absolute atomic E-state index is 12.9. The van der Waals surface area contributed by atoms with E-state index in [2.05, 4.69) is 15.4 Å². The summed E-state index contributed by atoms with van der Waals surface area (Å²) in [6.45, 7) is 1.91. The zero-order valence-electron chi connectivity index (χ0n) is 15.6. The predicted molar refractivity (Wildman–Crippen MR) is 112 cm³/mol. The van der Waals surface area contributed by atoms with Gasteiger partial charge in [-0.3, -0.25) is 9.52 Å². The second kappa shape index (κ2) is 7.48. The number of carbonyl (C=O) groups is 1. The van der Waals surface area contributed by atoms with Crippen LogP contribution in [0.2, 0.25) is 0 Å². The van der Waals surface area contributed by atoms with Crippen LogP contribution in [0.25, 0.3) is 0 Å². The molecule has 0 aromatic heterocycles. The first-order valence-corrected chi connectivity index (χ1v) is 10.4. The largest absolute Gasteiger partial charge is 0.482 e. The molecule has 1 heterocycles. The van der Waals surface area contributed by atoms with Gasteiger partial charge in [-0.2, -0.15) is 0 Å². The molecule has 0 radical (unpaired) electrons. The number of aryl methyl sites for hydroxylation is 1. The lowest BCUT2D eigenvalue weighted by molar-refractivity contribution is -0.118. The van der Waals surface area contributed by atoms with E-state index in [1.54, 1.807) is 18.2 Å². The molecule has 0 atom stereocenters. The van der Waals surface area contributed by atoms with E-state index in [1.807, 2.05) is 37.3 Å². The van der Waals surface area contributed by atoms with Crippen LogP contribution in [0.15, 0.2) is 71.6 Å². The molecule has 0 unspecified atom stereocenters. The Morgan fingerprint density at radius 3 is 2.45 bits per heavy atom. The molecule has 148 valence electrons. The van der Waals surface area contributed by atoms with Crippen molar-refractivity contribution in [3.05, 3.63) is 72.3 Å². The van der Waals surface area contributed by atoms with E-state index in [4.69, 9.17) is 4.74 Å². The number of carbonyl (C=O) groups excluding carboxylic acids is 1. The number of sulfonamides is 1. The number of ether oxygens (including phenoxy) is 1. The van der Waals surface area contributed by atoms with Crippen molar-refractivity contribution in [1.82, 2.24) is 0 Å². The zero-order valence-corrected chi connectivity index (χ0v) is 16.4. The Kier molecular flexibility index (Phi) is 4.85. The van der Waals surface area contributed by atoms with Crippen LogP contribution in [0.1, 0.15) is 5.56 Å². The molecule has 29 heavy (non-hydrogen) atoms. The molecule has 1 aliphatic heterocycles. The summed E-state index contributed by atoms with van der Waals surface area (Å²) < 4.78 is 33.7. The first kappa shape index (κ1) is 18.8. The fraction of sp³-hybridized carbons (Fsp3) is 0.0952. The van der Waals surface area contributed by atoms with Gasteiger partial charge in [0.2, 0.25) is 0 Å². The van der Waals surface area contributed by atoms with Gasteiger partial charge in [0.15, 0.2) is 6.61 Å². The maximum Gasteiger partial charge on any atom is 0.262 e. The van der Waals surface area contributed by atoms with Crippen molar-refractivity contribution in [3.8, 4) is 5.75 Å². The fourth-order valence-electron chi connectivity index (χ4n) is 2.91. The topological polar surface area (TPSA) is 96.5 Å². The highest BCUT2D eigenvalue weighted by Crippen LogP contribution is 2.32. The maximum atomic E-state index is 12.9. The molecule has 0 bridgehead atoms. The van der Waals surface area contributed by atoms with Crippen LogP contribution in [-0.4, -0.2) is 20.9 Å². The third-order valence-corrected chi connectivity index (χ3v) is 5.76. The Labute approximate surface area is 168 Å². The Morgan fingerprint density at radius 1 is 0.966 bits per heavy atom. The molecule has 3 N–H and O–H groups in total. The summed E-state index contributed by atoms with van der Waals surface area (Å²) in [5.41, 5.74) is 3.33. The highest BCUT2D eigenvalue weighted by Gasteiger charge is 2.21. The molecule has 1 amide bonds. The van der Waals surface area contributed by atoms with Gasteiger partial charge >= 0.3 is 0 Å². The molecule has 0 saturated carbocycles. The van der Waals surface area contributed by atoms with Crippen LogP contribution in [-0.2, 0) is 14.8 Å². The van der Waals surface area contributed by atoms with E-state index in [9.17, 15) is 13.2 Å². The minimum atomic E-state index is -3.88. The molecule has 3 aromatic carbocycles. The van der Waals surface area contributed by atoms with Gasteiger partial charge in [0, 0.05) is 5.69 Å². The third kappa shape index (κ3) is 4.17. The molecule has 7 nitrogen and oxygen atoms in total. The number of amides is 1. The van der Waals surface area contributed by atoms with Crippen LogP contribution >= 0.6 is 0 Å². The monoisotopic (exact) mass is 409 g/mol. The van der Waals surface area contributed by atoms with Gasteiger partial charge in [-0.1, -0.05) is 29.8 Å². The first-order valence-electron chi connectivity index (χ1n) is 8.93. The average Bonchev–Trinajstić information content (AvgIpc) is 2.70. The molecule has 0 saturated heterocycles. The second-order valence-electron chi connectivity index (χ2n) is 6.64. The number of para-hydroxylation sites is 2. The van der Waals surface area contributed by atoms with Crippen LogP contribution in [0.3, 0.4) is 0 Å². The molecule has 0 aliphatic carbocycles. The minimum absolute atomic E-state index is 0.0205. The summed E-state index contributed by atoms with van der Waals surface area (Å²) in [4.78, 5) is 11.5. The summed E-state index contributed by atoms with van der Waals surface area (Å²) >= 11 is 0. The Hall–Kier alpha value is -3.52. The highest BCUT2D eigenvalue weighted by atomic mass is 32.2. The van der Waals surface area contributed by atoms with Crippen molar-refractivity contribution in [2.24, 2.45) is 0 Å². The van der Waals surface area contributed by atoms with Gasteiger partial charge in [-0.25, -0.2) is 8.42 Å². The molecular weight excluding hydrogens is 390 g/mol. The lowest BCUT2D eigenvalue weighted by Gasteiger charge is -2.19. The van der Waals surface area contributed by atoms with Crippen LogP contribution in [0, 0.1) is 6.92 Å². The smallest absolute Gasteiger partial charge is 0.262 e. The number of rotatable bonds is 5. The van der Waals surface area contributed by atoms with Crippen molar-refractivity contribution in [1.29, 1.82) is 0 Å². The molecule has 3 aromatic rings. The fourth-order valence-corrected chi connectivity index (χ4v) is 4.01. The quantitative estimate of drug-likeness (QED) is 0.594. The van der Waals surface area contributed by atoms with E-state index >= 15 is 0 Å². The molecular formula is C21H19N3O4S. The molecule has 4 rings (SSSR count). The summed E-state index contributed by atoms with van der Waals surface area (Å²) in [6, 6.07) is 19.2. The van der Waals surface area contributed by atoms with Crippen molar-refractivity contribution in [2.75, 3.05) is 22.0 Å². The van der Waals surface area contributed by atoms with Crippen LogP contribution < -0.4 is 20.1 Å². The minimum Gasteiger partial charge on any atom is -0.482 e. The number of hydrogen-bond acceptors (Lipinski definition) is 5. The number of fused-ring (bicyclic) bond motifs is 1. The zero-order chi connectivity index (χ0) is 20.4. The van der Waals surface area contributed by atoms with E-state index in [-0.39, 0.29) is 17.4 Å². The summed E-state index contributed by atoms with van der Waals surface area (Å²) in [6.07, 6.45) is 0. The number of hydrogen-bond donors (Lipinski definition) is 3. The molecule has 0 spiro atoms. The SMILES string of the molecule is Cc1ccc(Nc2ccccc2NS(=O)(=O)c2ccc3c(c2)NC(=O)CO3)cc1. The third-order valence-electron chi connectivity index (χ3n) is 4.40. The summed E-state index contributed by atoms with van der Waals surface area (Å²) in [5, 5.41) is 5.84. The van der Waals surface area contributed by atoms with Gasteiger partial charge in [-0.05, 0) is 49.4 Å². The molecule has 0 fully saturated rings. The number of anilines is 4. The number of nitrogens with one attached hydrogen (secondary N) is 3. The Morgan fingerprint density at radius 2 is 1.69 bits per heavy atom. The lowest BCUT2D eigenvalue weighted by Crippen LogP contribution is -2.25. The second-order valence-corrected chi connectivity index (χ2v) is 8.32. The van der Waals surface area contributed by atoms with Gasteiger partial charge in [0.05, 0.1) is 22.0 Å². The van der Waals surface area contributed by atoms with Gasteiger partial charge in [0.1, 0.15) is 5.75 Å². The summed E-state index contributed by atoms with van der Waals surface area (Å²) in [7, 11) is -3.88. The lowest BCUT2D eigenvalue weighted by atomic mass is 10.2. The first-order chi connectivity index (χ1) is 13.9. The van der Waals surface area contributed by atoms with Crippen molar-refractivity contribution in [3.63, 3.8) is 0 Å². The van der Waals surface area contributed by atoms with E-state index < -0.39 is 10.0 Å². The standard InChI is InChI=1S/C21H19N3O4S/c1-14-6-8-15(9-7-14)22-17-4-2-3-5-18(17)24-29(26,27)16-10-11-20-19(12-16)23-21(25)13-28-20/h2-12,22,24H,13H2,1H3,(H,23,25). The number of benzene rings is 3. The van der Waals surface area contributed by atoms with Crippen molar-refractivity contribution >= 4 is 38.7 Å². The van der Waals surface area contributed by atoms with E-state index in [1.165, 1.54) is 18.2 Å². The molecule has 1 aliphatic rings. The Bertz CT molecular complexity index is 1170. The van der Waals surface area contributed by atoms with Crippen LogP contribution in [0.4, 0.5) is 22.7 Å². The van der Waals surface area contributed by atoms with E-state index in [0.29, 0.717) is 22.8 Å². The Balaban J connectivity index is 1.61. The normalized spacial score (nSPS) is 13.1. The van der Waals surface area contributed by atoms with E-state index in [0.717, 1.165) is 11.3 Å². The summed E-state index contributed by atoms with van der Waals surface area (Å²) in [5.74, 6) is 0.109. The van der Waals surface area contributed by atoms with Crippen molar-refractivity contribution < 1.29 is 17.9 Å². The average molecular weight is 409 g/mol. The van der Waals surface area contributed by atoms with Gasteiger partial charge in [0.25, 0.3) is 15.9 Å². The van der Waals surface area contributed by atoms with Gasteiger partial charge < -0.3 is 15.4 Å². The van der Waals surface area contributed by atoms with Crippen LogP contribution in [0.5, 0.6) is 5.75 Å². The van der Waals surface area contributed by atoms with Gasteiger partial charge in [-0.15, -0.1) is 0 Å². The van der Waals surface area contributed by atoms with Crippen molar-refractivity contribution in [2.45, 2.75) is 11.8 Å². The predicted octanol–water partition coefficient (Wildman–Crippen LogP) is 3.87.